The largest absolute Gasteiger partial charge is 0.444 e. The summed E-state index contributed by atoms with van der Waals surface area (Å²) >= 11 is 9.14. The van der Waals surface area contributed by atoms with E-state index >= 15 is 0 Å². The minimum Gasteiger partial charge on any atom is -0.444 e. The number of amides is 1. The van der Waals surface area contributed by atoms with Crippen LogP contribution in [0.25, 0.3) is 0 Å². The van der Waals surface area contributed by atoms with E-state index in [1.165, 1.54) is 0 Å². The van der Waals surface area contributed by atoms with Gasteiger partial charge in [-0.05, 0) is 40.9 Å². The highest BCUT2D eigenvalue weighted by atomic mass is 79.9. The van der Waals surface area contributed by atoms with Crippen molar-refractivity contribution in [2.24, 2.45) is 0 Å². The summed E-state index contributed by atoms with van der Waals surface area (Å²) in [4.78, 5) is 13.7. The second-order valence-corrected chi connectivity index (χ2v) is 4.97. The molecule has 2 rings (SSSR count). The molecule has 1 amide bonds. The molecule has 1 aliphatic heterocycles. The Balaban J connectivity index is 2.02. The minimum absolute atomic E-state index is 0.0516. The molecule has 0 saturated carbocycles. The number of alkyl halides is 1. The van der Waals surface area contributed by atoms with Gasteiger partial charge < -0.3 is 9.32 Å². The van der Waals surface area contributed by atoms with Gasteiger partial charge in [-0.1, -0.05) is 0 Å². The van der Waals surface area contributed by atoms with Crippen molar-refractivity contribution in [3.63, 3.8) is 0 Å². The molecule has 1 fully saturated rings. The lowest BCUT2D eigenvalue weighted by Gasteiger charge is -2.28. The molecule has 0 spiro atoms. The van der Waals surface area contributed by atoms with Gasteiger partial charge >= 0.3 is 0 Å². The summed E-state index contributed by atoms with van der Waals surface area (Å²) < 4.78 is 5.80. The number of carbonyl (C=O) groups excluding carboxylic acids is 1. The SMILES string of the molecule is O=C(c1ccc(Br)o1)N1CCC(Cl)CC1. The van der Waals surface area contributed by atoms with Crippen molar-refractivity contribution >= 4 is 33.4 Å². The lowest BCUT2D eigenvalue weighted by atomic mass is 10.1. The molecule has 0 unspecified atom stereocenters. The van der Waals surface area contributed by atoms with E-state index in [1.807, 2.05) is 0 Å². The average molecular weight is 293 g/mol. The van der Waals surface area contributed by atoms with E-state index < -0.39 is 0 Å². The lowest BCUT2D eigenvalue weighted by molar-refractivity contribution is 0.0693. The first kappa shape index (κ1) is 11.0. The van der Waals surface area contributed by atoms with E-state index in [0.29, 0.717) is 23.5 Å². The van der Waals surface area contributed by atoms with Crippen LogP contribution in [-0.4, -0.2) is 29.3 Å². The third-order valence-corrected chi connectivity index (χ3v) is 3.36. The number of hydrogen-bond donors (Lipinski definition) is 0. The molecule has 3 nitrogen and oxygen atoms in total. The number of piperidine rings is 1. The minimum atomic E-state index is -0.0516. The number of nitrogens with zero attached hydrogens (tertiary/aromatic N) is 1. The molecule has 2 heterocycles. The van der Waals surface area contributed by atoms with Crippen LogP contribution >= 0.6 is 27.5 Å². The molecule has 0 radical (unpaired) electrons. The Kier molecular flexibility index (Phi) is 3.36. The van der Waals surface area contributed by atoms with Crippen LogP contribution < -0.4 is 0 Å². The van der Waals surface area contributed by atoms with Gasteiger partial charge in [0.05, 0.1) is 0 Å². The first-order valence-electron chi connectivity index (χ1n) is 4.85. The van der Waals surface area contributed by atoms with E-state index in [4.69, 9.17) is 16.0 Å². The fourth-order valence-electron chi connectivity index (χ4n) is 1.64. The summed E-state index contributed by atoms with van der Waals surface area (Å²) in [5.74, 6) is 0.333. The topological polar surface area (TPSA) is 33.5 Å². The highest BCUT2D eigenvalue weighted by Gasteiger charge is 2.24. The van der Waals surface area contributed by atoms with Gasteiger partial charge in [0.15, 0.2) is 10.4 Å². The van der Waals surface area contributed by atoms with E-state index in [9.17, 15) is 4.79 Å². The van der Waals surface area contributed by atoms with Crippen molar-refractivity contribution in [1.82, 2.24) is 4.90 Å². The van der Waals surface area contributed by atoms with Crippen LogP contribution in [0.2, 0.25) is 0 Å². The van der Waals surface area contributed by atoms with Crippen molar-refractivity contribution < 1.29 is 9.21 Å². The molecule has 1 aromatic heterocycles. The van der Waals surface area contributed by atoms with Crippen LogP contribution in [0.5, 0.6) is 0 Å². The van der Waals surface area contributed by atoms with Crippen LogP contribution in [0.1, 0.15) is 23.4 Å². The summed E-state index contributed by atoms with van der Waals surface area (Å²) in [5, 5.41) is 0.206. The maximum atomic E-state index is 11.9. The summed E-state index contributed by atoms with van der Waals surface area (Å²) in [5.41, 5.74) is 0. The maximum Gasteiger partial charge on any atom is 0.289 e. The van der Waals surface area contributed by atoms with Crippen LogP contribution in [0, 0.1) is 0 Å². The molecule has 0 aliphatic carbocycles. The zero-order chi connectivity index (χ0) is 10.8. The van der Waals surface area contributed by atoms with Gasteiger partial charge in [-0.25, -0.2) is 0 Å². The van der Waals surface area contributed by atoms with Gasteiger partial charge in [-0.15, -0.1) is 11.6 Å². The van der Waals surface area contributed by atoms with Crippen LogP contribution in [0.3, 0.4) is 0 Å². The number of halogens is 2. The molecule has 82 valence electrons. The summed E-state index contributed by atoms with van der Waals surface area (Å²) in [6, 6.07) is 3.40. The standard InChI is InChI=1S/C10H11BrClNO2/c11-9-2-1-8(15-9)10(14)13-5-3-7(12)4-6-13/h1-2,7H,3-6H2. The fourth-order valence-corrected chi connectivity index (χ4v) is 2.14. The Labute approximate surface area is 102 Å². The Hall–Kier alpha value is -0.480. The quantitative estimate of drug-likeness (QED) is 0.746. The Bertz CT molecular complexity index is 358. The van der Waals surface area contributed by atoms with Gasteiger partial charge in [-0.2, -0.15) is 0 Å². The maximum absolute atomic E-state index is 11.9. The molecule has 1 aliphatic rings. The second-order valence-electron chi connectivity index (χ2n) is 3.57. The zero-order valence-electron chi connectivity index (χ0n) is 8.08. The normalized spacial score (nSPS) is 18.1. The van der Waals surface area contributed by atoms with E-state index in [0.717, 1.165) is 12.8 Å². The highest BCUT2D eigenvalue weighted by molar-refractivity contribution is 9.10. The molecule has 1 aromatic rings. The van der Waals surface area contributed by atoms with Crippen LogP contribution in [0.15, 0.2) is 21.2 Å². The monoisotopic (exact) mass is 291 g/mol. The van der Waals surface area contributed by atoms with Crippen LogP contribution in [-0.2, 0) is 0 Å². The molecule has 0 N–H and O–H groups in total. The molecule has 0 atom stereocenters. The van der Waals surface area contributed by atoms with E-state index in [-0.39, 0.29) is 11.3 Å². The zero-order valence-corrected chi connectivity index (χ0v) is 10.4. The smallest absolute Gasteiger partial charge is 0.289 e. The first-order chi connectivity index (χ1) is 7.16. The van der Waals surface area contributed by atoms with Crippen molar-refractivity contribution in [2.75, 3.05) is 13.1 Å². The molecule has 1 saturated heterocycles. The van der Waals surface area contributed by atoms with Gasteiger partial charge in [0.1, 0.15) is 0 Å². The lowest BCUT2D eigenvalue weighted by Crippen LogP contribution is -2.38. The van der Waals surface area contributed by atoms with Crippen LogP contribution in [0.4, 0.5) is 0 Å². The number of carbonyl (C=O) groups is 1. The van der Waals surface area contributed by atoms with Crippen molar-refractivity contribution in [3.05, 3.63) is 22.6 Å². The summed E-state index contributed by atoms with van der Waals surface area (Å²) in [7, 11) is 0. The number of hydrogen-bond acceptors (Lipinski definition) is 2. The molecule has 5 heteroatoms. The van der Waals surface area contributed by atoms with Gasteiger partial charge in [0.25, 0.3) is 5.91 Å². The third kappa shape index (κ3) is 2.55. The predicted molar refractivity (Wildman–Crippen MR) is 61.2 cm³/mol. The number of rotatable bonds is 1. The molecule has 0 aromatic carbocycles. The third-order valence-electron chi connectivity index (χ3n) is 2.50. The Morgan fingerprint density at radius 1 is 1.47 bits per heavy atom. The van der Waals surface area contributed by atoms with Gasteiger partial charge in [0.2, 0.25) is 0 Å². The average Bonchev–Trinajstić information content (AvgIpc) is 2.65. The van der Waals surface area contributed by atoms with E-state index in [2.05, 4.69) is 15.9 Å². The number of furan rings is 1. The first-order valence-corrected chi connectivity index (χ1v) is 6.08. The summed E-state index contributed by atoms with van der Waals surface area (Å²) in [6.07, 6.45) is 1.71. The Morgan fingerprint density at radius 3 is 2.67 bits per heavy atom. The molecule has 0 bridgehead atoms. The second kappa shape index (κ2) is 4.58. The Morgan fingerprint density at radius 2 is 2.13 bits per heavy atom. The molecule has 15 heavy (non-hydrogen) atoms. The number of likely N-dealkylation sites (tertiary alicyclic amines) is 1. The summed E-state index contributed by atoms with van der Waals surface area (Å²) in [6.45, 7) is 1.43. The van der Waals surface area contributed by atoms with Crippen molar-refractivity contribution in [2.45, 2.75) is 18.2 Å². The van der Waals surface area contributed by atoms with E-state index in [1.54, 1.807) is 17.0 Å². The highest BCUT2D eigenvalue weighted by Crippen LogP contribution is 2.20. The fraction of sp³-hybridized carbons (Fsp3) is 0.500. The van der Waals surface area contributed by atoms with Crippen molar-refractivity contribution in [1.29, 1.82) is 0 Å². The molecular formula is C10H11BrClNO2. The van der Waals surface area contributed by atoms with Gasteiger partial charge in [-0.3, -0.25) is 4.79 Å². The predicted octanol–water partition coefficient (Wildman–Crippen LogP) is 2.89. The van der Waals surface area contributed by atoms with Gasteiger partial charge in [0, 0.05) is 18.5 Å². The molecular weight excluding hydrogens is 281 g/mol. The van der Waals surface area contributed by atoms with Crippen molar-refractivity contribution in [3.8, 4) is 0 Å².